The maximum atomic E-state index is 13.6. The number of rotatable bonds is 8. The molecule has 1 aromatic heterocycles. The minimum Gasteiger partial charge on any atom is -0.511 e. The van der Waals surface area contributed by atoms with E-state index in [0.29, 0.717) is 16.9 Å². The molecule has 0 aliphatic carbocycles. The van der Waals surface area contributed by atoms with E-state index in [4.69, 9.17) is 0 Å². The molecule has 194 valence electrons. The van der Waals surface area contributed by atoms with Crippen molar-refractivity contribution in [3.05, 3.63) is 62.8 Å². The van der Waals surface area contributed by atoms with Crippen LogP contribution in [0.25, 0.3) is 0 Å². The van der Waals surface area contributed by atoms with Crippen LogP contribution in [0.15, 0.2) is 50.3 Å². The Morgan fingerprint density at radius 3 is 2.61 bits per heavy atom. The zero-order chi connectivity index (χ0) is 26.3. The summed E-state index contributed by atoms with van der Waals surface area (Å²) in [6.07, 6.45) is 2.52. The van der Waals surface area contributed by atoms with Crippen LogP contribution in [-0.2, 0) is 44.4 Å². The first-order chi connectivity index (χ1) is 16.9. The van der Waals surface area contributed by atoms with E-state index in [0.717, 1.165) is 24.0 Å². The van der Waals surface area contributed by atoms with Gasteiger partial charge in [-0.2, -0.15) is 12.8 Å². The molecule has 4 rings (SSSR count). The van der Waals surface area contributed by atoms with E-state index in [1.54, 1.807) is 22.4 Å². The molecule has 2 N–H and O–H groups in total. The number of amides is 1. The van der Waals surface area contributed by atoms with Gasteiger partial charge in [0.25, 0.3) is 15.9 Å². The van der Waals surface area contributed by atoms with E-state index in [9.17, 15) is 31.1 Å². The number of thiophene rings is 1. The molecule has 0 fully saturated rings. The average Bonchev–Trinajstić information content (AvgIpc) is 3.20. The zero-order valence-corrected chi connectivity index (χ0v) is 22.1. The van der Waals surface area contributed by atoms with Crippen molar-refractivity contribution in [1.82, 2.24) is 9.62 Å². The highest BCUT2D eigenvalue weighted by Crippen LogP contribution is 2.37. The number of nitrogens with one attached hydrogen (secondary N) is 1. The standard InChI is InChI=1S/C23H26FN3O6S3/c1-3-4-17-9-19(28)21(23(29)27(17)12-14-5-7-16(24)8-6-14)18-10-20-22(36(32,33)26-18)15(13-34-20)11-25-35(2,30)31/h5-8,13,17,25,28H,3-4,9-12H2,1-2H3. The Morgan fingerprint density at radius 2 is 1.97 bits per heavy atom. The molecule has 0 spiro atoms. The first-order valence-electron chi connectivity index (χ1n) is 11.2. The molecule has 0 saturated carbocycles. The first-order valence-corrected chi connectivity index (χ1v) is 15.5. The molecule has 2 aliphatic heterocycles. The molecular formula is C23H26FN3O6S3. The quantitative estimate of drug-likeness (QED) is 0.515. The third kappa shape index (κ3) is 5.53. The fraction of sp³-hybridized carbons (Fsp3) is 0.391. The lowest BCUT2D eigenvalue weighted by atomic mass is 9.92. The van der Waals surface area contributed by atoms with Gasteiger partial charge in [0.2, 0.25) is 10.0 Å². The number of carbonyl (C=O) groups is 1. The van der Waals surface area contributed by atoms with Gasteiger partial charge in [0.1, 0.15) is 16.5 Å². The van der Waals surface area contributed by atoms with Gasteiger partial charge in [0.15, 0.2) is 0 Å². The van der Waals surface area contributed by atoms with E-state index in [2.05, 4.69) is 9.12 Å². The molecule has 3 heterocycles. The molecule has 1 unspecified atom stereocenters. The largest absolute Gasteiger partial charge is 0.511 e. The van der Waals surface area contributed by atoms with Gasteiger partial charge >= 0.3 is 0 Å². The summed E-state index contributed by atoms with van der Waals surface area (Å²) in [5, 5.41) is 12.4. The number of fused-ring (bicyclic) bond motifs is 1. The van der Waals surface area contributed by atoms with Gasteiger partial charge in [-0.25, -0.2) is 17.5 Å². The van der Waals surface area contributed by atoms with Crippen LogP contribution in [0.4, 0.5) is 4.39 Å². The second-order valence-electron chi connectivity index (χ2n) is 8.82. The van der Waals surface area contributed by atoms with Crippen LogP contribution in [-0.4, -0.2) is 50.8 Å². The van der Waals surface area contributed by atoms with Crippen LogP contribution in [0, 0.1) is 5.82 Å². The summed E-state index contributed by atoms with van der Waals surface area (Å²) < 4.78 is 68.6. The van der Waals surface area contributed by atoms with Crippen molar-refractivity contribution in [3.63, 3.8) is 0 Å². The van der Waals surface area contributed by atoms with E-state index in [1.807, 2.05) is 6.92 Å². The second-order valence-corrected chi connectivity index (χ2v) is 13.2. The number of sulfonamides is 2. The van der Waals surface area contributed by atoms with Crippen LogP contribution >= 0.6 is 11.3 Å². The second kappa shape index (κ2) is 10.0. The summed E-state index contributed by atoms with van der Waals surface area (Å²) in [4.78, 5) is 15.5. The molecular weight excluding hydrogens is 529 g/mol. The monoisotopic (exact) mass is 555 g/mol. The Kier molecular flexibility index (Phi) is 7.37. The zero-order valence-electron chi connectivity index (χ0n) is 19.7. The summed E-state index contributed by atoms with van der Waals surface area (Å²) in [6, 6.07) is 5.47. The number of aliphatic hydroxyl groups excluding tert-OH is 1. The van der Waals surface area contributed by atoms with Gasteiger partial charge in [-0.15, -0.1) is 11.3 Å². The Hall–Kier alpha value is -2.61. The highest BCUT2D eigenvalue weighted by Gasteiger charge is 2.40. The fourth-order valence-corrected chi connectivity index (χ4v) is 7.69. The lowest BCUT2D eigenvalue weighted by Gasteiger charge is -2.37. The van der Waals surface area contributed by atoms with Crippen molar-refractivity contribution in [2.45, 2.75) is 56.6 Å². The molecule has 0 radical (unpaired) electrons. The lowest BCUT2D eigenvalue weighted by Crippen LogP contribution is -2.46. The summed E-state index contributed by atoms with van der Waals surface area (Å²) in [6.45, 7) is 1.93. The molecule has 2 aromatic rings. The minimum absolute atomic E-state index is 0.00602. The predicted molar refractivity (Wildman–Crippen MR) is 134 cm³/mol. The molecule has 1 aromatic carbocycles. The topological polar surface area (TPSA) is 133 Å². The number of hydrogen-bond donors (Lipinski definition) is 2. The first kappa shape index (κ1) is 26.5. The van der Waals surface area contributed by atoms with Gasteiger partial charge in [0, 0.05) is 36.9 Å². The van der Waals surface area contributed by atoms with Crippen LogP contribution in [0.3, 0.4) is 0 Å². The smallest absolute Gasteiger partial charge is 0.284 e. The maximum Gasteiger partial charge on any atom is 0.284 e. The molecule has 36 heavy (non-hydrogen) atoms. The van der Waals surface area contributed by atoms with Crippen molar-refractivity contribution in [1.29, 1.82) is 0 Å². The number of aliphatic hydroxyl groups is 1. The summed E-state index contributed by atoms with van der Waals surface area (Å²) in [5.74, 6) is -1.14. The number of nitrogens with zero attached hydrogens (tertiary/aromatic N) is 2. The van der Waals surface area contributed by atoms with E-state index in [1.165, 1.54) is 12.1 Å². The van der Waals surface area contributed by atoms with Gasteiger partial charge in [-0.3, -0.25) is 4.79 Å². The van der Waals surface area contributed by atoms with Gasteiger partial charge in [0.05, 0.1) is 17.5 Å². The van der Waals surface area contributed by atoms with Crippen molar-refractivity contribution in [3.8, 4) is 0 Å². The van der Waals surface area contributed by atoms with Crippen LogP contribution in [0.1, 0.15) is 42.2 Å². The molecule has 2 aliphatic rings. The van der Waals surface area contributed by atoms with Crippen molar-refractivity contribution >= 4 is 43.0 Å². The normalized spacial score (nSPS) is 19.9. The van der Waals surface area contributed by atoms with E-state index < -0.39 is 31.8 Å². The lowest BCUT2D eigenvalue weighted by molar-refractivity contribution is -0.131. The molecule has 0 bridgehead atoms. The molecule has 13 heteroatoms. The Labute approximate surface area is 213 Å². The number of carbonyl (C=O) groups excluding carboxylic acids is 1. The van der Waals surface area contributed by atoms with Crippen molar-refractivity contribution < 1.29 is 31.1 Å². The summed E-state index contributed by atoms with van der Waals surface area (Å²) in [7, 11) is -7.78. The Morgan fingerprint density at radius 1 is 1.28 bits per heavy atom. The van der Waals surface area contributed by atoms with Crippen LogP contribution in [0.2, 0.25) is 0 Å². The van der Waals surface area contributed by atoms with Gasteiger partial charge in [-0.1, -0.05) is 25.5 Å². The number of hydrogen-bond acceptors (Lipinski definition) is 7. The SMILES string of the molecule is CCCC1CC(O)=C(C2=NS(=O)(=O)c3c(CNS(C)(=O)=O)csc3C2)C(=O)N1Cc1ccc(F)cc1. The molecule has 1 amide bonds. The number of halogens is 1. The predicted octanol–water partition coefficient (Wildman–Crippen LogP) is 3.04. The highest BCUT2D eigenvalue weighted by molar-refractivity contribution is 7.90. The van der Waals surface area contributed by atoms with Crippen molar-refractivity contribution in [2.24, 2.45) is 4.40 Å². The minimum atomic E-state index is -4.24. The van der Waals surface area contributed by atoms with E-state index >= 15 is 0 Å². The fourth-order valence-electron chi connectivity index (χ4n) is 4.44. The highest BCUT2D eigenvalue weighted by atomic mass is 32.2. The third-order valence-corrected chi connectivity index (χ3v) is 9.36. The van der Waals surface area contributed by atoms with Gasteiger partial charge in [-0.05, 0) is 35.1 Å². The Bertz CT molecular complexity index is 1460. The Balaban J connectivity index is 1.68. The van der Waals surface area contributed by atoms with Crippen LogP contribution < -0.4 is 4.72 Å². The number of benzene rings is 1. The molecule has 9 nitrogen and oxygen atoms in total. The maximum absolute atomic E-state index is 13.6. The summed E-state index contributed by atoms with van der Waals surface area (Å²) in [5.41, 5.74) is 0.794. The van der Waals surface area contributed by atoms with Gasteiger partial charge < -0.3 is 10.0 Å². The van der Waals surface area contributed by atoms with Crippen molar-refractivity contribution in [2.75, 3.05) is 6.26 Å². The van der Waals surface area contributed by atoms with E-state index in [-0.39, 0.29) is 59.5 Å². The summed E-state index contributed by atoms with van der Waals surface area (Å²) >= 11 is 1.13. The average molecular weight is 556 g/mol. The molecule has 0 saturated heterocycles. The van der Waals surface area contributed by atoms with Crippen LogP contribution in [0.5, 0.6) is 0 Å². The third-order valence-electron chi connectivity index (χ3n) is 6.04. The molecule has 1 atom stereocenters.